The van der Waals surface area contributed by atoms with Gasteiger partial charge >= 0.3 is 0 Å². The number of benzene rings is 2. The molecule has 4 heteroatoms. The van der Waals surface area contributed by atoms with Gasteiger partial charge in [-0.25, -0.2) is 4.39 Å². The third-order valence-corrected chi connectivity index (χ3v) is 3.16. The standard InChI is InChI=1S/C17H18FNO2/c1-3-16(21-14-10-8-13(18)9-11-14)17(20)19-15-7-5-4-6-12(15)2/h4-11,16H,3H2,1-2H3,(H,19,20)/t16-/m1/s1. The molecule has 2 aromatic rings. The van der Waals surface area contributed by atoms with Crippen LogP contribution < -0.4 is 10.1 Å². The molecule has 0 aliphatic carbocycles. The molecule has 3 nitrogen and oxygen atoms in total. The van der Waals surface area contributed by atoms with E-state index >= 15 is 0 Å². The van der Waals surface area contributed by atoms with E-state index in [0.717, 1.165) is 11.3 Å². The van der Waals surface area contributed by atoms with Gasteiger partial charge in [0.05, 0.1) is 0 Å². The SMILES string of the molecule is CC[C@@H](Oc1ccc(F)cc1)C(=O)Nc1ccccc1C. The van der Waals surface area contributed by atoms with Crippen LogP contribution in [0.2, 0.25) is 0 Å². The summed E-state index contributed by atoms with van der Waals surface area (Å²) in [7, 11) is 0. The van der Waals surface area contributed by atoms with Gasteiger partial charge in [0, 0.05) is 5.69 Å². The van der Waals surface area contributed by atoms with Crippen LogP contribution >= 0.6 is 0 Å². The minimum absolute atomic E-state index is 0.212. The molecule has 0 saturated carbocycles. The van der Waals surface area contributed by atoms with Crippen LogP contribution in [0.15, 0.2) is 48.5 Å². The summed E-state index contributed by atoms with van der Waals surface area (Å²) in [6, 6.07) is 13.2. The molecular weight excluding hydrogens is 269 g/mol. The molecule has 1 atom stereocenters. The van der Waals surface area contributed by atoms with Gasteiger partial charge < -0.3 is 10.1 Å². The highest BCUT2D eigenvalue weighted by atomic mass is 19.1. The molecule has 0 unspecified atom stereocenters. The van der Waals surface area contributed by atoms with Gasteiger partial charge in [0.1, 0.15) is 11.6 Å². The lowest BCUT2D eigenvalue weighted by atomic mass is 10.2. The molecule has 0 aliphatic rings. The van der Waals surface area contributed by atoms with E-state index in [4.69, 9.17) is 4.74 Å². The summed E-state index contributed by atoms with van der Waals surface area (Å²) < 4.78 is 18.5. The van der Waals surface area contributed by atoms with Gasteiger partial charge in [0.15, 0.2) is 6.10 Å². The molecule has 1 N–H and O–H groups in total. The van der Waals surface area contributed by atoms with Crippen molar-refractivity contribution >= 4 is 11.6 Å². The molecule has 0 heterocycles. The topological polar surface area (TPSA) is 38.3 Å². The van der Waals surface area contributed by atoms with Gasteiger partial charge in [-0.1, -0.05) is 25.1 Å². The number of carbonyl (C=O) groups excluding carboxylic acids is 1. The van der Waals surface area contributed by atoms with Gasteiger partial charge in [-0.2, -0.15) is 0 Å². The highest BCUT2D eigenvalue weighted by Gasteiger charge is 2.19. The maximum atomic E-state index is 12.9. The summed E-state index contributed by atoms with van der Waals surface area (Å²) in [5.41, 5.74) is 1.76. The average Bonchev–Trinajstić information content (AvgIpc) is 2.49. The maximum absolute atomic E-state index is 12.9. The zero-order valence-electron chi connectivity index (χ0n) is 12.1. The lowest BCUT2D eigenvalue weighted by molar-refractivity contribution is -0.122. The van der Waals surface area contributed by atoms with Gasteiger partial charge in [-0.05, 0) is 49.2 Å². The number of hydrogen-bond acceptors (Lipinski definition) is 2. The first-order chi connectivity index (χ1) is 10.1. The van der Waals surface area contributed by atoms with E-state index in [1.54, 1.807) is 0 Å². The summed E-state index contributed by atoms with van der Waals surface area (Å²) in [4.78, 5) is 12.3. The van der Waals surface area contributed by atoms with Gasteiger partial charge in [-0.3, -0.25) is 4.79 Å². The van der Waals surface area contributed by atoms with Crippen LogP contribution in [-0.4, -0.2) is 12.0 Å². The number of anilines is 1. The van der Waals surface area contributed by atoms with Crippen molar-refractivity contribution in [1.29, 1.82) is 0 Å². The highest BCUT2D eigenvalue weighted by molar-refractivity contribution is 5.94. The van der Waals surface area contributed by atoms with Crippen molar-refractivity contribution in [2.75, 3.05) is 5.32 Å². The number of hydrogen-bond donors (Lipinski definition) is 1. The van der Waals surface area contributed by atoms with E-state index in [0.29, 0.717) is 12.2 Å². The number of aryl methyl sites for hydroxylation is 1. The predicted molar refractivity (Wildman–Crippen MR) is 80.9 cm³/mol. The van der Waals surface area contributed by atoms with Crippen molar-refractivity contribution in [2.24, 2.45) is 0 Å². The summed E-state index contributed by atoms with van der Waals surface area (Å²) in [5, 5.41) is 2.85. The fraction of sp³-hybridized carbons (Fsp3) is 0.235. The minimum Gasteiger partial charge on any atom is -0.481 e. The van der Waals surface area contributed by atoms with Crippen molar-refractivity contribution in [1.82, 2.24) is 0 Å². The number of ether oxygens (including phenoxy) is 1. The quantitative estimate of drug-likeness (QED) is 0.905. The van der Waals surface area contributed by atoms with E-state index in [1.807, 2.05) is 38.1 Å². The molecule has 0 aliphatic heterocycles. The Balaban J connectivity index is 2.05. The third kappa shape index (κ3) is 4.05. The molecular formula is C17H18FNO2. The van der Waals surface area contributed by atoms with Crippen molar-refractivity contribution in [2.45, 2.75) is 26.4 Å². The number of halogens is 1. The first-order valence-electron chi connectivity index (χ1n) is 6.89. The van der Waals surface area contributed by atoms with Gasteiger partial charge in [0.25, 0.3) is 5.91 Å². The number of para-hydroxylation sites is 1. The van der Waals surface area contributed by atoms with Crippen molar-refractivity contribution in [3.63, 3.8) is 0 Å². The van der Waals surface area contributed by atoms with Crippen LogP contribution in [0, 0.1) is 12.7 Å². The molecule has 1 amide bonds. The van der Waals surface area contributed by atoms with E-state index in [9.17, 15) is 9.18 Å². The van der Waals surface area contributed by atoms with Crippen LogP contribution in [0.1, 0.15) is 18.9 Å². The van der Waals surface area contributed by atoms with Crippen LogP contribution in [0.3, 0.4) is 0 Å². The van der Waals surface area contributed by atoms with Crippen molar-refractivity contribution < 1.29 is 13.9 Å². The zero-order valence-corrected chi connectivity index (χ0v) is 12.1. The second-order valence-corrected chi connectivity index (χ2v) is 4.77. The zero-order chi connectivity index (χ0) is 15.2. The Labute approximate surface area is 123 Å². The molecule has 2 rings (SSSR count). The van der Waals surface area contributed by atoms with Crippen molar-refractivity contribution in [3.8, 4) is 5.75 Å². The van der Waals surface area contributed by atoms with Gasteiger partial charge in [-0.15, -0.1) is 0 Å². The number of amides is 1. The number of carbonyl (C=O) groups is 1. The average molecular weight is 287 g/mol. The third-order valence-electron chi connectivity index (χ3n) is 3.16. The Bertz CT molecular complexity index is 610. The lowest BCUT2D eigenvalue weighted by Crippen LogP contribution is -2.32. The second kappa shape index (κ2) is 6.88. The molecule has 0 aromatic heterocycles. The highest BCUT2D eigenvalue weighted by Crippen LogP contribution is 2.17. The fourth-order valence-electron chi connectivity index (χ4n) is 1.93. The molecule has 0 spiro atoms. The number of nitrogens with one attached hydrogen (secondary N) is 1. The van der Waals surface area contributed by atoms with Crippen LogP contribution in [0.25, 0.3) is 0 Å². The molecule has 2 aromatic carbocycles. The smallest absolute Gasteiger partial charge is 0.265 e. The molecule has 0 radical (unpaired) electrons. The Hall–Kier alpha value is -2.36. The Morgan fingerprint density at radius 3 is 2.48 bits per heavy atom. The Morgan fingerprint density at radius 1 is 1.19 bits per heavy atom. The van der Waals surface area contributed by atoms with Crippen LogP contribution in [0.4, 0.5) is 10.1 Å². The minimum atomic E-state index is -0.616. The molecule has 0 fully saturated rings. The predicted octanol–water partition coefficient (Wildman–Crippen LogP) is 3.93. The summed E-state index contributed by atoms with van der Waals surface area (Å²) in [6.07, 6.45) is -0.0928. The monoisotopic (exact) mass is 287 g/mol. The normalized spacial score (nSPS) is 11.8. The second-order valence-electron chi connectivity index (χ2n) is 4.77. The molecule has 0 saturated heterocycles. The van der Waals surface area contributed by atoms with E-state index in [1.165, 1.54) is 24.3 Å². The summed E-state index contributed by atoms with van der Waals surface area (Å²) in [6.45, 7) is 3.79. The van der Waals surface area contributed by atoms with Gasteiger partial charge in [0.2, 0.25) is 0 Å². The fourth-order valence-corrected chi connectivity index (χ4v) is 1.93. The molecule has 21 heavy (non-hydrogen) atoms. The van der Waals surface area contributed by atoms with Crippen LogP contribution in [-0.2, 0) is 4.79 Å². The summed E-state index contributed by atoms with van der Waals surface area (Å²) >= 11 is 0. The maximum Gasteiger partial charge on any atom is 0.265 e. The van der Waals surface area contributed by atoms with Crippen LogP contribution in [0.5, 0.6) is 5.75 Å². The Kier molecular flexibility index (Phi) is 4.93. The number of rotatable bonds is 5. The summed E-state index contributed by atoms with van der Waals surface area (Å²) in [5.74, 6) is -0.0703. The first-order valence-corrected chi connectivity index (χ1v) is 6.89. The van der Waals surface area contributed by atoms with E-state index in [2.05, 4.69) is 5.32 Å². The van der Waals surface area contributed by atoms with E-state index < -0.39 is 6.10 Å². The Morgan fingerprint density at radius 2 is 1.86 bits per heavy atom. The van der Waals surface area contributed by atoms with E-state index in [-0.39, 0.29) is 11.7 Å². The molecule has 110 valence electrons. The lowest BCUT2D eigenvalue weighted by Gasteiger charge is -2.18. The molecule has 0 bridgehead atoms. The first kappa shape index (κ1) is 15.0. The van der Waals surface area contributed by atoms with Crippen molar-refractivity contribution in [3.05, 3.63) is 59.9 Å². The largest absolute Gasteiger partial charge is 0.481 e.